The van der Waals surface area contributed by atoms with Crippen LogP contribution in [0, 0.1) is 5.92 Å². The summed E-state index contributed by atoms with van der Waals surface area (Å²) in [7, 11) is 0. The van der Waals surface area contributed by atoms with Crippen LogP contribution in [0.4, 0.5) is 5.82 Å². The molecule has 3 rings (SSSR count). The third-order valence-electron chi connectivity index (χ3n) is 5.01. The molecular formula is C17H27N3. The lowest BCUT2D eigenvalue weighted by molar-refractivity contribution is 0.314. The van der Waals surface area contributed by atoms with Crippen LogP contribution in [0.25, 0.3) is 0 Å². The second-order valence-electron chi connectivity index (χ2n) is 6.30. The van der Waals surface area contributed by atoms with Gasteiger partial charge >= 0.3 is 0 Å². The monoisotopic (exact) mass is 273 g/mol. The predicted molar refractivity (Wildman–Crippen MR) is 84.3 cm³/mol. The Morgan fingerprint density at radius 3 is 2.85 bits per heavy atom. The zero-order valence-electron chi connectivity index (χ0n) is 12.9. The van der Waals surface area contributed by atoms with Gasteiger partial charge in [-0.25, -0.2) is 4.98 Å². The number of nitrogens with zero attached hydrogens (tertiary/aromatic N) is 2. The Morgan fingerprint density at radius 1 is 1.30 bits per heavy atom. The minimum Gasteiger partial charge on any atom is -0.357 e. The molecule has 1 fully saturated rings. The number of aromatic nitrogens is 1. The summed E-state index contributed by atoms with van der Waals surface area (Å²) in [6, 6.07) is 5.19. The average Bonchev–Trinajstić information content (AvgIpc) is 2.95. The standard InChI is InChI=1S/C17H27N3/c1-3-18-13(2)14-9-11-20(12-10-14)17-8-7-15-5-4-6-16(15)19-17/h7-8,13-14,18H,3-6,9-12H2,1-2H3. The highest BCUT2D eigenvalue weighted by Gasteiger charge is 2.24. The largest absolute Gasteiger partial charge is 0.357 e. The number of hydrogen-bond donors (Lipinski definition) is 1. The quantitative estimate of drug-likeness (QED) is 0.914. The topological polar surface area (TPSA) is 28.2 Å². The fourth-order valence-electron chi connectivity index (χ4n) is 3.70. The van der Waals surface area contributed by atoms with Crippen molar-refractivity contribution in [2.45, 2.75) is 52.0 Å². The van der Waals surface area contributed by atoms with Gasteiger partial charge in [-0.05, 0) is 63.1 Å². The van der Waals surface area contributed by atoms with E-state index < -0.39 is 0 Å². The molecule has 3 nitrogen and oxygen atoms in total. The van der Waals surface area contributed by atoms with Gasteiger partial charge in [-0.2, -0.15) is 0 Å². The highest BCUT2D eigenvalue weighted by molar-refractivity contribution is 5.43. The van der Waals surface area contributed by atoms with E-state index in [4.69, 9.17) is 4.98 Å². The molecule has 1 aliphatic carbocycles. The molecule has 110 valence electrons. The van der Waals surface area contributed by atoms with Crippen LogP contribution in [0.15, 0.2) is 12.1 Å². The van der Waals surface area contributed by atoms with Gasteiger partial charge in [0.05, 0.1) is 0 Å². The molecule has 3 heteroatoms. The van der Waals surface area contributed by atoms with Crippen LogP contribution >= 0.6 is 0 Å². The molecule has 1 N–H and O–H groups in total. The zero-order chi connectivity index (χ0) is 13.9. The molecule has 0 bridgehead atoms. The number of nitrogens with one attached hydrogen (secondary N) is 1. The van der Waals surface area contributed by atoms with Crippen molar-refractivity contribution in [3.05, 3.63) is 23.4 Å². The molecule has 0 radical (unpaired) electrons. The normalized spacial score (nSPS) is 21.0. The Balaban J connectivity index is 1.60. The lowest BCUT2D eigenvalue weighted by Crippen LogP contribution is -2.42. The minimum absolute atomic E-state index is 0.648. The van der Waals surface area contributed by atoms with E-state index in [2.05, 4.69) is 36.2 Å². The number of hydrogen-bond acceptors (Lipinski definition) is 3. The van der Waals surface area contributed by atoms with Crippen molar-refractivity contribution in [2.24, 2.45) is 5.92 Å². The molecule has 2 aliphatic rings. The predicted octanol–water partition coefficient (Wildman–Crippen LogP) is 2.78. The summed E-state index contributed by atoms with van der Waals surface area (Å²) < 4.78 is 0. The highest BCUT2D eigenvalue weighted by Crippen LogP contribution is 2.27. The first-order chi connectivity index (χ1) is 9.78. The van der Waals surface area contributed by atoms with Gasteiger partial charge in [0.25, 0.3) is 0 Å². The van der Waals surface area contributed by atoms with Crippen LogP contribution in [0.5, 0.6) is 0 Å². The van der Waals surface area contributed by atoms with E-state index in [1.807, 2.05) is 0 Å². The fraction of sp³-hybridized carbons (Fsp3) is 0.706. The SMILES string of the molecule is CCNC(C)C1CCN(c2ccc3c(n2)CCC3)CC1. The third-order valence-corrected chi connectivity index (χ3v) is 5.01. The zero-order valence-corrected chi connectivity index (χ0v) is 12.9. The number of aryl methyl sites for hydroxylation is 2. The van der Waals surface area contributed by atoms with Crippen molar-refractivity contribution in [1.29, 1.82) is 0 Å². The van der Waals surface area contributed by atoms with Crippen LogP contribution in [0.3, 0.4) is 0 Å². The molecule has 0 amide bonds. The van der Waals surface area contributed by atoms with Crippen LogP contribution < -0.4 is 10.2 Å². The molecule has 0 aromatic carbocycles. The Kier molecular flexibility index (Phi) is 4.25. The van der Waals surface area contributed by atoms with Gasteiger partial charge in [0.15, 0.2) is 0 Å². The molecule has 0 saturated carbocycles. The van der Waals surface area contributed by atoms with Gasteiger partial charge in [-0.1, -0.05) is 13.0 Å². The lowest BCUT2D eigenvalue weighted by Gasteiger charge is -2.36. The van der Waals surface area contributed by atoms with E-state index in [-0.39, 0.29) is 0 Å². The second kappa shape index (κ2) is 6.13. The number of piperidine rings is 1. The lowest BCUT2D eigenvalue weighted by atomic mass is 9.90. The average molecular weight is 273 g/mol. The van der Waals surface area contributed by atoms with Gasteiger partial charge in [0, 0.05) is 24.8 Å². The van der Waals surface area contributed by atoms with E-state index in [0.717, 1.165) is 25.6 Å². The first kappa shape index (κ1) is 13.9. The van der Waals surface area contributed by atoms with Gasteiger partial charge < -0.3 is 10.2 Å². The van der Waals surface area contributed by atoms with Crippen LogP contribution in [0.1, 0.15) is 44.4 Å². The summed E-state index contributed by atoms with van der Waals surface area (Å²) in [4.78, 5) is 7.37. The van der Waals surface area contributed by atoms with E-state index >= 15 is 0 Å². The summed E-state index contributed by atoms with van der Waals surface area (Å²) in [5, 5.41) is 3.57. The van der Waals surface area contributed by atoms with Crippen LogP contribution in [0.2, 0.25) is 0 Å². The molecule has 1 unspecified atom stereocenters. The number of fused-ring (bicyclic) bond motifs is 1. The molecule has 1 aromatic heterocycles. The van der Waals surface area contributed by atoms with Crippen molar-refractivity contribution in [2.75, 3.05) is 24.5 Å². The minimum atomic E-state index is 0.648. The first-order valence-corrected chi connectivity index (χ1v) is 8.25. The maximum Gasteiger partial charge on any atom is 0.128 e. The summed E-state index contributed by atoms with van der Waals surface area (Å²) in [5.74, 6) is 2.03. The molecule has 2 heterocycles. The number of pyridine rings is 1. The van der Waals surface area contributed by atoms with E-state index in [1.54, 1.807) is 0 Å². The van der Waals surface area contributed by atoms with Crippen molar-refractivity contribution in [3.63, 3.8) is 0 Å². The summed E-state index contributed by atoms with van der Waals surface area (Å²) in [6.45, 7) is 7.92. The summed E-state index contributed by atoms with van der Waals surface area (Å²) in [6.07, 6.45) is 6.26. The van der Waals surface area contributed by atoms with Crippen molar-refractivity contribution in [1.82, 2.24) is 10.3 Å². The van der Waals surface area contributed by atoms with Gasteiger partial charge in [-0.15, -0.1) is 0 Å². The molecular weight excluding hydrogens is 246 g/mol. The van der Waals surface area contributed by atoms with Gasteiger partial charge in [0.1, 0.15) is 5.82 Å². The smallest absolute Gasteiger partial charge is 0.128 e. The summed E-state index contributed by atoms with van der Waals surface area (Å²) in [5.41, 5.74) is 2.83. The fourth-order valence-corrected chi connectivity index (χ4v) is 3.70. The van der Waals surface area contributed by atoms with Gasteiger partial charge in [-0.3, -0.25) is 0 Å². The summed E-state index contributed by atoms with van der Waals surface area (Å²) >= 11 is 0. The van der Waals surface area contributed by atoms with Crippen molar-refractivity contribution >= 4 is 5.82 Å². The maximum atomic E-state index is 4.89. The van der Waals surface area contributed by atoms with E-state index in [0.29, 0.717) is 6.04 Å². The molecule has 1 aliphatic heterocycles. The first-order valence-electron chi connectivity index (χ1n) is 8.25. The Hall–Kier alpha value is -1.09. The van der Waals surface area contributed by atoms with E-state index in [1.165, 1.54) is 49.2 Å². The van der Waals surface area contributed by atoms with Crippen molar-refractivity contribution < 1.29 is 0 Å². The molecule has 0 spiro atoms. The second-order valence-corrected chi connectivity index (χ2v) is 6.30. The van der Waals surface area contributed by atoms with Gasteiger partial charge in [0.2, 0.25) is 0 Å². The molecule has 1 aromatic rings. The van der Waals surface area contributed by atoms with Crippen molar-refractivity contribution in [3.8, 4) is 0 Å². The maximum absolute atomic E-state index is 4.89. The van der Waals surface area contributed by atoms with E-state index in [9.17, 15) is 0 Å². The Morgan fingerprint density at radius 2 is 2.10 bits per heavy atom. The highest BCUT2D eigenvalue weighted by atomic mass is 15.2. The number of anilines is 1. The molecule has 1 atom stereocenters. The Bertz CT molecular complexity index is 450. The molecule has 20 heavy (non-hydrogen) atoms. The number of rotatable bonds is 4. The van der Waals surface area contributed by atoms with Crippen LogP contribution in [-0.4, -0.2) is 30.7 Å². The molecule has 1 saturated heterocycles. The Labute approximate surface area is 122 Å². The third kappa shape index (κ3) is 2.83. The van der Waals surface area contributed by atoms with Crippen LogP contribution in [-0.2, 0) is 12.8 Å².